The van der Waals surface area contributed by atoms with E-state index in [4.69, 9.17) is 4.74 Å². The third-order valence-corrected chi connectivity index (χ3v) is 2.59. The van der Waals surface area contributed by atoms with Crippen LogP contribution in [0.2, 0.25) is 0 Å². The van der Waals surface area contributed by atoms with Crippen LogP contribution in [-0.2, 0) is 24.9 Å². The molecule has 2 aromatic rings. The summed E-state index contributed by atoms with van der Waals surface area (Å²) in [6.45, 7) is 4.01. The number of aromatic nitrogens is 3. The second-order valence-corrected chi connectivity index (χ2v) is 4.03. The minimum atomic E-state index is 0.625. The Kier molecular flexibility index (Phi) is 4.30. The SMILES string of the molecule is CCOCc1ccccc1NCc1cn(C)nn1. The minimum absolute atomic E-state index is 0.625. The molecule has 0 unspecified atom stereocenters. The molecule has 1 N–H and O–H groups in total. The Morgan fingerprint density at radius 3 is 2.89 bits per heavy atom. The number of para-hydroxylation sites is 1. The van der Waals surface area contributed by atoms with Gasteiger partial charge in [-0.05, 0) is 13.0 Å². The highest BCUT2D eigenvalue weighted by Crippen LogP contribution is 2.16. The van der Waals surface area contributed by atoms with Crippen molar-refractivity contribution >= 4 is 5.69 Å². The number of hydrogen-bond acceptors (Lipinski definition) is 4. The van der Waals surface area contributed by atoms with Crippen LogP contribution in [0.25, 0.3) is 0 Å². The second-order valence-electron chi connectivity index (χ2n) is 4.03. The smallest absolute Gasteiger partial charge is 0.102 e. The Labute approximate surface area is 107 Å². The Hall–Kier alpha value is -1.88. The van der Waals surface area contributed by atoms with E-state index >= 15 is 0 Å². The molecule has 5 heteroatoms. The molecule has 0 bridgehead atoms. The summed E-state index contributed by atoms with van der Waals surface area (Å²) >= 11 is 0. The molecule has 0 atom stereocenters. The highest BCUT2D eigenvalue weighted by Gasteiger charge is 2.03. The Morgan fingerprint density at radius 1 is 1.33 bits per heavy atom. The number of ether oxygens (including phenoxy) is 1. The third kappa shape index (κ3) is 3.30. The number of nitrogens with one attached hydrogen (secondary N) is 1. The highest BCUT2D eigenvalue weighted by atomic mass is 16.5. The molecule has 18 heavy (non-hydrogen) atoms. The first-order valence-electron chi connectivity index (χ1n) is 6.04. The molecule has 2 rings (SSSR count). The molecule has 1 heterocycles. The molecule has 0 saturated carbocycles. The number of anilines is 1. The van der Waals surface area contributed by atoms with E-state index in [9.17, 15) is 0 Å². The van der Waals surface area contributed by atoms with Gasteiger partial charge in [0.1, 0.15) is 5.69 Å². The van der Waals surface area contributed by atoms with Gasteiger partial charge in [0.2, 0.25) is 0 Å². The van der Waals surface area contributed by atoms with Crippen LogP contribution < -0.4 is 5.32 Å². The molecule has 0 aliphatic heterocycles. The van der Waals surface area contributed by atoms with Crippen LogP contribution in [-0.4, -0.2) is 21.6 Å². The van der Waals surface area contributed by atoms with Gasteiger partial charge >= 0.3 is 0 Å². The van der Waals surface area contributed by atoms with Crippen molar-refractivity contribution in [3.8, 4) is 0 Å². The second kappa shape index (κ2) is 6.16. The number of benzene rings is 1. The largest absolute Gasteiger partial charge is 0.379 e. The monoisotopic (exact) mass is 246 g/mol. The summed E-state index contributed by atoms with van der Waals surface area (Å²) in [4.78, 5) is 0. The van der Waals surface area contributed by atoms with Crippen molar-refractivity contribution in [1.82, 2.24) is 15.0 Å². The summed E-state index contributed by atoms with van der Waals surface area (Å²) < 4.78 is 7.14. The Bertz CT molecular complexity index is 495. The lowest BCUT2D eigenvalue weighted by Gasteiger charge is -2.10. The predicted molar refractivity (Wildman–Crippen MR) is 70.1 cm³/mol. The van der Waals surface area contributed by atoms with Gasteiger partial charge < -0.3 is 10.1 Å². The van der Waals surface area contributed by atoms with E-state index in [1.54, 1.807) is 4.68 Å². The zero-order chi connectivity index (χ0) is 12.8. The van der Waals surface area contributed by atoms with Crippen molar-refractivity contribution in [1.29, 1.82) is 0 Å². The van der Waals surface area contributed by atoms with Crippen molar-refractivity contribution in [2.45, 2.75) is 20.1 Å². The van der Waals surface area contributed by atoms with Gasteiger partial charge in [-0.1, -0.05) is 23.4 Å². The number of aryl methyl sites for hydroxylation is 1. The van der Waals surface area contributed by atoms with Crippen molar-refractivity contribution in [3.05, 3.63) is 41.7 Å². The Balaban J connectivity index is 1.99. The summed E-state index contributed by atoms with van der Waals surface area (Å²) in [5, 5.41) is 11.3. The van der Waals surface area contributed by atoms with Crippen molar-refractivity contribution in [3.63, 3.8) is 0 Å². The fourth-order valence-electron chi connectivity index (χ4n) is 1.69. The van der Waals surface area contributed by atoms with Crippen LogP contribution in [0.1, 0.15) is 18.2 Å². The quantitative estimate of drug-likeness (QED) is 0.846. The van der Waals surface area contributed by atoms with E-state index in [0.717, 1.165) is 23.6 Å². The van der Waals surface area contributed by atoms with E-state index in [-0.39, 0.29) is 0 Å². The van der Waals surface area contributed by atoms with Gasteiger partial charge in [0.05, 0.1) is 13.2 Å². The van der Waals surface area contributed by atoms with Crippen molar-refractivity contribution in [2.24, 2.45) is 7.05 Å². The summed E-state index contributed by atoms with van der Waals surface area (Å²) in [6.07, 6.45) is 1.90. The molecule has 0 spiro atoms. The summed E-state index contributed by atoms with van der Waals surface area (Å²) in [5.41, 5.74) is 3.16. The lowest BCUT2D eigenvalue weighted by Crippen LogP contribution is -2.04. The van der Waals surface area contributed by atoms with Crippen molar-refractivity contribution in [2.75, 3.05) is 11.9 Å². The van der Waals surface area contributed by atoms with Gasteiger partial charge in [0.15, 0.2) is 0 Å². The summed E-state index contributed by atoms with van der Waals surface area (Å²) in [6, 6.07) is 8.13. The van der Waals surface area contributed by atoms with Crippen LogP contribution in [0.3, 0.4) is 0 Å². The predicted octanol–water partition coefficient (Wildman–Crippen LogP) is 1.96. The minimum Gasteiger partial charge on any atom is -0.379 e. The van der Waals surface area contributed by atoms with E-state index < -0.39 is 0 Å². The maximum absolute atomic E-state index is 5.44. The summed E-state index contributed by atoms with van der Waals surface area (Å²) in [5.74, 6) is 0. The molecule has 0 saturated heterocycles. The standard InChI is InChI=1S/C13H18N4O/c1-3-18-10-11-6-4-5-7-13(11)14-8-12-9-17(2)16-15-12/h4-7,9,14H,3,8,10H2,1-2H3. The highest BCUT2D eigenvalue weighted by molar-refractivity contribution is 5.50. The molecule has 0 radical (unpaired) electrons. The number of nitrogens with zero attached hydrogens (tertiary/aromatic N) is 3. The molecule has 0 fully saturated rings. The maximum Gasteiger partial charge on any atom is 0.102 e. The van der Waals surface area contributed by atoms with Crippen LogP contribution in [0.15, 0.2) is 30.5 Å². The molecule has 1 aromatic heterocycles. The van der Waals surface area contributed by atoms with Gasteiger partial charge in [0.25, 0.3) is 0 Å². The van der Waals surface area contributed by atoms with Crippen LogP contribution in [0.4, 0.5) is 5.69 Å². The molecule has 1 aromatic carbocycles. The van der Waals surface area contributed by atoms with Crippen LogP contribution in [0.5, 0.6) is 0 Å². The fraction of sp³-hybridized carbons (Fsp3) is 0.385. The van der Waals surface area contributed by atoms with Gasteiger partial charge in [0, 0.05) is 31.1 Å². The van der Waals surface area contributed by atoms with Gasteiger partial charge in [-0.25, -0.2) is 0 Å². The van der Waals surface area contributed by atoms with Crippen LogP contribution in [0, 0.1) is 0 Å². The zero-order valence-corrected chi connectivity index (χ0v) is 10.8. The first-order chi connectivity index (χ1) is 8.79. The molecular weight excluding hydrogens is 228 g/mol. The lowest BCUT2D eigenvalue weighted by molar-refractivity contribution is 0.134. The van der Waals surface area contributed by atoms with Gasteiger partial charge in [-0.2, -0.15) is 0 Å². The average molecular weight is 246 g/mol. The number of rotatable bonds is 6. The number of hydrogen-bond donors (Lipinski definition) is 1. The molecule has 0 aliphatic carbocycles. The topological polar surface area (TPSA) is 52.0 Å². The van der Waals surface area contributed by atoms with E-state index in [0.29, 0.717) is 13.2 Å². The van der Waals surface area contributed by atoms with Crippen LogP contribution >= 0.6 is 0 Å². The van der Waals surface area contributed by atoms with E-state index in [1.165, 1.54) is 0 Å². The third-order valence-electron chi connectivity index (χ3n) is 2.59. The fourth-order valence-corrected chi connectivity index (χ4v) is 1.69. The normalized spacial score (nSPS) is 10.6. The first-order valence-corrected chi connectivity index (χ1v) is 6.04. The average Bonchev–Trinajstić information content (AvgIpc) is 2.81. The lowest BCUT2D eigenvalue weighted by atomic mass is 10.2. The molecule has 96 valence electrons. The maximum atomic E-state index is 5.44. The molecule has 0 amide bonds. The molecular formula is C13H18N4O. The van der Waals surface area contributed by atoms with Crippen molar-refractivity contribution < 1.29 is 4.74 Å². The zero-order valence-electron chi connectivity index (χ0n) is 10.8. The first kappa shape index (κ1) is 12.6. The van der Waals surface area contributed by atoms with E-state index in [2.05, 4.69) is 21.7 Å². The van der Waals surface area contributed by atoms with Gasteiger partial charge in [-0.3, -0.25) is 4.68 Å². The Morgan fingerprint density at radius 2 is 2.17 bits per heavy atom. The van der Waals surface area contributed by atoms with Gasteiger partial charge in [-0.15, -0.1) is 5.10 Å². The summed E-state index contributed by atoms with van der Waals surface area (Å²) in [7, 11) is 1.86. The molecule has 5 nitrogen and oxygen atoms in total. The molecule has 0 aliphatic rings. The van der Waals surface area contributed by atoms with E-state index in [1.807, 2.05) is 38.4 Å².